The van der Waals surface area contributed by atoms with Crippen LogP contribution in [0.3, 0.4) is 0 Å². The second kappa shape index (κ2) is 5.93. The third kappa shape index (κ3) is 4.31. The number of benzene rings is 1. The highest BCUT2D eigenvalue weighted by Crippen LogP contribution is 2.40. The average molecular weight is 296 g/mol. The van der Waals surface area contributed by atoms with Crippen molar-refractivity contribution in [1.82, 2.24) is 5.32 Å². The first-order valence-electron chi connectivity index (χ1n) is 6.65. The number of hydrogen-bond acceptors (Lipinski definition) is 4. The summed E-state index contributed by atoms with van der Waals surface area (Å²) in [5.41, 5.74) is 6.92. The zero-order valence-electron chi connectivity index (χ0n) is 11.5. The second-order valence-electron chi connectivity index (χ2n) is 5.39. The Balaban J connectivity index is 1.79. The molecule has 5 nitrogen and oxygen atoms in total. The largest absolute Gasteiger partial charge is 0.351 e. The van der Waals surface area contributed by atoms with E-state index in [0.717, 1.165) is 12.7 Å². The zero-order valence-corrected chi connectivity index (χ0v) is 12.3. The Morgan fingerprint density at radius 3 is 2.65 bits per heavy atom. The molecule has 3 N–H and O–H groups in total. The molecule has 3 atom stereocenters. The van der Waals surface area contributed by atoms with Gasteiger partial charge in [0, 0.05) is 18.2 Å². The number of sulfone groups is 1. The van der Waals surface area contributed by atoms with Crippen LogP contribution in [0.2, 0.25) is 0 Å². The molecule has 0 spiro atoms. The predicted octanol–water partition coefficient (Wildman–Crippen LogP) is 0.421. The van der Waals surface area contributed by atoms with E-state index in [1.807, 2.05) is 30.3 Å². The lowest BCUT2D eigenvalue weighted by Gasteiger charge is -2.11. The number of amides is 1. The smallest absolute Gasteiger partial charge is 0.237 e. The van der Waals surface area contributed by atoms with E-state index >= 15 is 0 Å². The molecular formula is C14H20N2O3S. The van der Waals surface area contributed by atoms with Crippen molar-refractivity contribution in [2.75, 3.05) is 12.0 Å². The Morgan fingerprint density at radius 2 is 2.05 bits per heavy atom. The van der Waals surface area contributed by atoms with Crippen LogP contribution in [-0.4, -0.2) is 38.4 Å². The molecule has 1 amide bonds. The van der Waals surface area contributed by atoms with E-state index in [1.54, 1.807) is 0 Å². The van der Waals surface area contributed by atoms with Crippen molar-refractivity contribution < 1.29 is 13.2 Å². The van der Waals surface area contributed by atoms with Gasteiger partial charge in [-0.25, -0.2) is 8.42 Å². The van der Waals surface area contributed by atoms with E-state index in [9.17, 15) is 13.2 Å². The van der Waals surface area contributed by atoms with Crippen LogP contribution >= 0.6 is 0 Å². The van der Waals surface area contributed by atoms with Crippen molar-refractivity contribution in [2.24, 2.45) is 5.73 Å². The van der Waals surface area contributed by atoms with Gasteiger partial charge in [0.1, 0.15) is 9.84 Å². The van der Waals surface area contributed by atoms with Crippen LogP contribution in [0.25, 0.3) is 0 Å². The maximum Gasteiger partial charge on any atom is 0.237 e. The molecule has 1 aliphatic carbocycles. The molecule has 1 saturated carbocycles. The zero-order chi connectivity index (χ0) is 14.8. The fraction of sp³-hybridized carbons (Fsp3) is 0.500. The highest BCUT2D eigenvalue weighted by Gasteiger charge is 2.39. The van der Waals surface area contributed by atoms with Gasteiger partial charge in [-0.3, -0.25) is 4.79 Å². The highest BCUT2D eigenvalue weighted by molar-refractivity contribution is 7.90. The molecule has 6 heteroatoms. The van der Waals surface area contributed by atoms with Crippen molar-refractivity contribution in [1.29, 1.82) is 0 Å². The summed E-state index contributed by atoms with van der Waals surface area (Å²) < 4.78 is 22.1. The first-order chi connectivity index (χ1) is 9.37. The predicted molar refractivity (Wildman–Crippen MR) is 78.0 cm³/mol. The van der Waals surface area contributed by atoms with Crippen molar-refractivity contribution in [3.05, 3.63) is 35.9 Å². The van der Waals surface area contributed by atoms with Gasteiger partial charge in [0.25, 0.3) is 0 Å². The third-order valence-electron chi connectivity index (χ3n) is 3.48. The lowest BCUT2D eigenvalue weighted by molar-refractivity contribution is -0.122. The Morgan fingerprint density at radius 1 is 1.40 bits per heavy atom. The van der Waals surface area contributed by atoms with E-state index in [-0.39, 0.29) is 24.1 Å². The van der Waals surface area contributed by atoms with Crippen LogP contribution in [0.4, 0.5) is 0 Å². The number of nitrogens with two attached hydrogens (primary N) is 1. The van der Waals surface area contributed by atoms with Gasteiger partial charge in [-0.2, -0.15) is 0 Å². The molecule has 1 aliphatic rings. The number of carbonyl (C=O) groups is 1. The molecule has 0 heterocycles. The van der Waals surface area contributed by atoms with Gasteiger partial charge in [0.15, 0.2) is 0 Å². The molecular weight excluding hydrogens is 276 g/mol. The minimum atomic E-state index is -3.08. The lowest BCUT2D eigenvalue weighted by atomic mass is 10.1. The van der Waals surface area contributed by atoms with E-state index in [1.165, 1.54) is 5.56 Å². The molecule has 0 radical (unpaired) electrons. The number of carbonyl (C=O) groups excluding carboxylic acids is 1. The van der Waals surface area contributed by atoms with Crippen molar-refractivity contribution >= 4 is 15.7 Å². The third-order valence-corrected chi connectivity index (χ3v) is 4.46. The molecule has 20 heavy (non-hydrogen) atoms. The van der Waals surface area contributed by atoms with Gasteiger partial charge >= 0.3 is 0 Å². The summed E-state index contributed by atoms with van der Waals surface area (Å²) in [6.07, 6.45) is 2.21. The topological polar surface area (TPSA) is 89.3 Å². The molecule has 1 fully saturated rings. The van der Waals surface area contributed by atoms with Gasteiger partial charge in [-0.15, -0.1) is 0 Å². The number of nitrogens with one attached hydrogen (secondary N) is 1. The van der Waals surface area contributed by atoms with Crippen LogP contribution in [0.5, 0.6) is 0 Å². The van der Waals surface area contributed by atoms with Gasteiger partial charge in [0.2, 0.25) is 5.91 Å². The highest BCUT2D eigenvalue weighted by atomic mass is 32.2. The van der Waals surface area contributed by atoms with Crippen molar-refractivity contribution in [2.45, 2.75) is 30.8 Å². The summed E-state index contributed by atoms with van der Waals surface area (Å²) in [7, 11) is -3.08. The van der Waals surface area contributed by atoms with Crippen LogP contribution in [0.1, 0.15) is 24.3 Å². The molecule has 1 aromatic carbocycles. The van der Waals surface area contributed by atoms with Gasteiger partial charge in [-0.1, -0.05) is 30.3 Å². The van der Waals surface area contributed by atoms with E-state index < -0.39 is 15.9 Å². The Bertz CT molecular complexity index is 571. The van der Waals surface area contributed by atoms with Crippen LogP contribution in [0, 0.1) is 0 Å². The van der Waals surface area contributed by atoms with E-state index in [2.05, 4.69) is 5.32 Å². The van der Waals surface area contributed by atoms with E-state index in [4.69, 9.17) is 5.73 Å². The molecule has 0 aliphatic heterocycles. The molecule has 2 rings (SSSR count). The fourth-order valence-corrected chi connectivity index (χ4v) is 2.87. The van der Waals surface area contributed by atoms with Crippen molar-refractivity contribution in [3.63, 3.8) is 0 Å². The number of hydrogen-bond donors (Lipinski definition) is 2. The quantitative estimate of drug-likeness (QED) is 0.796. The number of rotatable bonds is 6. The minimum absolute atomic E-state index is 0.0611. The normalized spacial score (nSPS) is 23.1. The minimum Gasteiger partial charge on any atom is -0.351 e. The van der Waals surface area contributed by atoms with Crippen LogP contribution < -0.4 is 11.1 Å². The van der Waals surface area contributed by atoms with Gasteiger partial charge < -0.3 is 11.1 Å². The molecule has 0 saturated heterocycles. The average Bonchev–Trinajstić information content (AvgIpc) is 3.15. The molecule has 1 aromatic rings. The summed E-state index contributed by atoms with van der Waals surface area (Å²) in [5, 5.41) is 2.88. The SMILES string of the molecule is CS(=O)(=O)CCC(N)C(=O)NC1CC1c1ccccc1. The monoisotopic (exact) mass is 296 g/mol. The summed E-state index contributed by atoms with van der Waals surface area (Å²) in [4.78, 5) is 11.9. The summed E-state index contributed by atoms with van der Waals surface area (Å²) in [5.74, 6) is 0.0216. The Hall–Kier alpha value is -1.40. The van der Waals surface area contributed by atoms with E-state index in [0.29, 0.717) is 5.92 Å². The van der Waals surface area contributed by atoms with Gasteiger partial charge in [0.05, 0.1) is 11.8 Å². The van der Waals surface area contributed by atoms with Crippen LogP contribution in [-0.2, 0) is 14.6 Å². The summed E-state index contributed by atoms with van der Waals surface area (Å²) in [6, 6.07) is 9.35. The standard InChI is InChI=1S/C14H20N2O3S/c1-20(18,19)8-7-12(15)14(17)16-13-9-11(13)10-5-3-2-4-6-10/h2-6,11-13H,7-9,15H2,1H3,(H,16,17). The molecule has 0 aromatic heterocycles. The first kappa shape index (κ1) is 15.0. The second-order valence-corrected chi connectivity index (χ2v) is 7.65. The molecule has 0 bridgehead atoms. The maximum absolute atomic E-state index is 11.9. The van der Waals surface area contributed by atoms with Crippen molar-refractivity contribution in [3.8, 4) is 0 Å². The maximum atomic E-state index is 11.9. The molecule has 3 unspecified atom stereocenters. The van der Waals surface area contributed by atoms with Gasteiger partial charge in [-0.05, 0) is 18.4 Å². The Kier molecular flexibility index (Phi) is 4.45. The summed E-state index contributed by atoms with van der Waals surface area (Å²) in [6.45, 7) is 0. The molecule has 110 valence electrons. The van der Waals surface area contributed by atoms with Crippen LogP contribution in [0.15, 0.2) is 30.3 Å². The lowest BCUT2D eigenvalue weighted by Crippen LogP contribution is -2.42. The first-order valence-corrected chi connectivity index (χ1v) is 8.71. The summed E-state index contributed by atoms with van der Waals surface area (Å²) >= 11 is 0. The fourth-order valence-electron chi connectivity index (χ4n) is 2.19. The Labute approximate surface area is 119 Å².